The number of hydrogen-bond acceptors (Lipinski definition) is 5. The van der Waals surface area contributed by atoms with Gasteiger partial charge < -0.3 is 9.30 Å². The van der Waals surface area contributed by atoms with Gasteiger partial charge in [-0.25, -0.2) is 12.8 Å². The molecule has 0 amide bonds. The Morgan fingerprint density at radius 1 is 1.16 bits per heavy atom. The van der Waals surface area contributed by atoms with E-state index in [0.717, 1.165) is 6.07 Å². The molecule has 2 aromatic carbocycles. The molecule has 0 aliphatic carbocycles. The lowest BCUT2D eigenvalue weighted by Crippen LogP contribution is -2.46. The molecule has 0 radical (unpaired) electrons. The molecule has 0 N–H and O–H groups in total. The Bertz CT molecular complexity index is 1190. The van der Waals surface area contributed by atoms with Gasteiger partial charge in [0.2, 0.25) is 0 Å². The molecule has 10 heteroatoms. The summed E-state index contributed by atoms with van der Waals surface area (Å²) in [5.41, 5.74) is -0.492. The maximum absolute atomic E-state index is 14.6. The highest BCUT2D eigenvalue weighted by molar-refractivity contribution is 7.93. The molecule has 3 aromatic rings. The smallest absolute Gasteiger partial charge is 0.264 e. The van der Waals surface area contributed by atoms with Crippen molar-refractivity contribution in [2.45, 2.75) is 37.8 Å². The summed E-state index contributed by atoms with van der Waals surface area (Å²) in [5.74, 6) is 0.121. The van der Waals surface area contributed by atoms with E-state index in [2.05, 4.69) is 10.2 Å². The van der Waals surface area contributed by atoms with E-state index < -0.39 is 21.4 Å². The maximum atomic E-state index is 14.6. The summed E-state index contributed by atoms with van der Waals surface area (Å²) >= 11 is 6.08. The van der Waals surface area contributed by atoms with E-state index >= 15 is 0 Å². The van der Waals surface area contributed by atoms with Gasteiger partial charge in [-0.15, -0.1) is 10.2 Å². The van der Waals surface area contributed by atoms with Crippen LogP contribution in [0, 0.1) is 5.82 Å². The molecule has 0 bridgehead atoms. The number of halogens is 2. The average Bonchev–Trinajstić information content (AvgIpc) is 3.05. The molecule has 3 rings (SSSR count). The third-order valence-electron chi connectivity index (χ3n) is 4.63. The van der Waals surface area contributed by atoms with Crippen molar-refractivity contribution in [3.8, 4) is 11.4 Å². The highest BCUT2D eigenvalue weighted by Crippen LogP contribution is 2.40. The standard InChI is InChI=1S/C21H24ClFN4O3S/c1-21(2,3)27(31(28,29)14-9-7-6-8-10-14)18-12-17(23)16(22)11-15(18)20-25-24-19(13-30-5)26(20)4/h6-12H,13H2,1-5H3. The van der Waals surface area contributed by atoms with E-state index in [9.17, 15) is 12.8 Å². The second-order valence-corrected chi connectivity index (χ2v) is 10.2. The fourth-order valence-corrected chi connectivity index (χ4v) is 5.29. The Labute approximate surface area is 186 Å². The van der Waals surface area contributed by atoms with Gasteiger partial charge in [-0.05, 0) is 39.0 Å². The van der Waals surface area contributed by atoms with Crippen molar-refractivity contribution in [2.75, 3.05) is 11.4 Å². The Kier molecular flexibility index (Phi) is 6.40. The lowest BCUT2D eigenvalue weighted by atomic mass is 10.1. The Morgan fingerprint density at radius 2 is 1.81 bits per heavy atom. The highest BCUT2D eigenvalue weighted by atomic mass is 35.5. The second-order valence-electron chi connectivity index (χ2n) is 7.97. The predicted octanol–water partition coefficient (Wildman–Crippen LogP) is 4.41. The van der Waals surface area contributed by atoms with Crippen LogP contribution in [0.15, 0.2) is 47.4 Å². The lowest BCUT2D eigenvalue weighted by Gasteiger charge is -2.37. The van der Waals surface area contributed by atoms with Gasteiger partial charge in [0.15, 0.2) is 11.6 Å². The van der Waals surface area contributed by atoms with Crippen molar-refractivity contribution in [3.63, 3.8) is 0 Å². The van der Waals surface area contributed by atoms with Crippen molar-refractivity contribution in [1.29, 1.82) is 0 Å². The quantitative estimate of drug-likeness (QED) is 0.537. The first-order chi connectivity index (χ1) is 14.5. The molecule has 0 aliphatic heterocycles. The zero-order chi connectivity index (χ0) is 23.0. The number of anilines is 1. The first-order valence-corrected chi connectivity index (χ1v) is 11.3. The molecule has 1 aromatic heterocycles. The number of nitrogens with zero attached hydrogens (tertiary/aromatic N) is 4. The monoisotopic (exact) mass is 466 g/mol. The van der Waals surface area contributed by atoms with E-state index in [1.54, 1.807) is 50.6 Å². The van der Waals surface area contributed by atoms with Crippen molar-refractivity contribution < 1.29 is 17.5 Å². The van der Waals surface area contributed by atoms with Crippen LogP contribution in [0.25, 0.3) is 11.4 Å². The normalized spacial score (nSPS) is 12.2. The van der Waals surface area contributed by atoms with Gasteiger partial charge in [0.05, 0.1) is 15.6 Å². The van der Waals surface area contributed by atoms with Crippen molar-refractivity contribution in [3.05, 3.63) is 59.1 Å². The number of benzene rings is 2. The fourth-order valence-electron chi connectivity index (χ4n) is 3.28. The number of hydrogen-bond donors (Lipinski definition) is 0. The average molecular weight is 467 g/mol. The number of ether oxygens (including phenoxy) is 1. The third-order valence-corrected chi connectivity index (χ3v) is 7.01. The highest BCUT2D eigenvalue weighted by Gasteiger charge is 2.37. The Morgan fingerprint density at radius 3 is 2.39 bits per heavy atom. The zero-order valence-corrected chi connectivity index (χ0v) is 19.5. The molecule has 0 fully saturated rings. The van der Waals surface area contributed by atoms with Crippen LogP contribution in [0.1, 0.15) is 26.6 Å². The zero-order valence-electron chi connectivity index (χ0n) is 17.9. The lowest BCUT2D eigenvalue weighted by molar-refractivity contribution is 0.175. The molecule has 0 unspecified atom stereocenters. The second kappa shape index (κ2) is 8.57. The summed E-state index contributed by atoms with van der Waals surface area (Å²) < 4.78 is 49.9. The summed E-state index contributed by atoms with van der Waals surface area (Å²) in [6.07, 6.45) is 0. The number of methoxy groups -OCH3 is 1. The van der Waals surface area contributed by atoms with Gasteiger partial charge in [0.1, 0.15) is 12.4 Å². The number of aromatic nitrogens is 3. The molecule has 0 aliphatic rings. The minimum Gasteiger partial charge on any atom is -0.377 e. The minimum atomic E-state index is -4.05. The fraction of sp³-hybridized carbons (Fsp3) is 0.333. The van der Waals surface area contributed by atoms with E-state index in [1.165, 1.54) is 29.6 Å². The first kappa shape index (κ1) is 23.2. The van der Waals surface area contributed by atoms with Gasteiger partial charge in [0.25, 0.3) is 10.0 Å². The molecule has 0 atom stereocenters. The van der Waals surface area contributed by atoms with Crippen LogP contribution >= 0.6 is 11.6 Å². The van der Waals surface area contributed by atoms with Gasteiger partial charge >= 0.3 is 0 Å². The SMILES string of the molecule is COCc1nnc(-c2cc(Cl)c(F)cc2N(C(C)(C)C)S(=O)(=O)c2ccccc2)n1C. The summed E-state index contributed by atoms with van der Waals surface area (Å²) in [4.78, 5) is 0.0873. The van der Waals surface area contributed by atoms with E-state index in [-0.39, 0.29) is 22.2 Å². The Balaban J connectivity index is 2.32. The van der Waals surface area contributed by atoms with Gasteiger partial charge in [-0.3, -0.25) is 4.31 Å². The summed E-state index contributed by atoms with van der Waals surface area (Å²) in [5, 5.41) is 8.13. The molecular formula is C21H24ClFN4O3S. The number of sulfonamides is 1. The Hall–Kier alpha value is -2.49. The maximum Gasteiger partial charge on any atom is 0.264 e. The molecule has 7 nitrogen and oxygen atoms in total. The molecule has 0 saturated heterocycles. The van der Waals surface area contributed by atoms with Gasteiger partial charge in [-0.1, -0.05) is 29.8 Å². The van der Waals surface area contributed by atoms with Crippen LogP contribution in [-0.4, -0.2) is 35.8 Å². The molecule has 0 saturated carbocycles. The van der Waals surface area contributed by atoms with Crippen LogP contribution < -0.4 is 4.31 Å². The van der Waals surface area contributed by atoms with Gasteiger partial charge in [0, 0.05) is 31.3 Å². The molecule has 31 heavy (non-hydrogen) atoms. The summed E-state index contributed by atoms with van der Waals surface area (Å²) in [6.45, 7) is 5.41. The first-order valence-electron chi connectivity index (χ1n) is 9.45. The van der Waals surface area contributed by atoms with Crippen LogP contribution in [0.2, 0.25) is 5.02 Å². The van der Waals surface area contributed by atoms with Crippen LogP contribution in [0.5, 0.6) is 0 Å². The van der Waals surface area contributed by atoms with Crippen molar-refractivity contribution in [1.82, 2.24) is 14.8 Å². The van der Waals surface area contributed by atoms with Crippen molar-refractivity contribution >= 4 is 27.3 Å². The molecular weight excluding hydrogens is 443 g/mol. The largest absolute Gasteiger partial charge is 0.377 e. The van der Waals surface area contributed by atoms with Crippen LogP contribution in [0.3, 0.4) is 0 Å². The predicted molar refractivity (Wildman–Crippen MR) is 118 cm³/mol. The third kappa shape index (κ3) is 4.44. The summed E-state index contributed by atoms with van der Waals surface area (Å²) in [7, 11) is -0.797. The molecule has 166 valence electrons. The van der Waals surface area contributed by atoms with Crippen LogP contribution in [0.4, 0.5) is 10.1 Å². The topological polar surface area (TPSA) is 77.3 Å². The molecule has 1 heterocycles. The minimum absolute atomic E-state index is 0.0873. The molecule has 0 spiro atoms. The number of rotatable bonds is 6. The van der Waals surface area contributed by atoms with Gasteiger partial charge in [-0.2, -0.15) is 0 Å². The van der Waals surface area contributed by atoms with Crippen molar-refractivity contribution in [2.24, 2.45) is 7.05 Å². The van der Waals surface area contributed by atoms with E-state index in [1.807, 2.05) is 0 Å². The van der Waals surface area contributed by atoms with E-state index in [4.69, 9.17) is 16.3 Å². The van der Waals surface area contributed by atoms with Crippen LogP contribution in [-0.2, 0) is 28.4 Å². The van der Waals surface area contributed by atoms with E-state index in [0.29, 0.717) is 17.2 Å². The summed E-state index contributed by atoms with van der Waals surface area (Å²) in [6, 6.07) is 10.5.